The van der Waals surface area contributed by atoms with E-state index in [1.807, 2.05) is 6.92 Å². The fraction of sp³-hybridized carbons (Fsp3) is 0.368. The standard InChI is InChI=1S/C19H23N3O3S/c1-14-3-5-15(6-4-14)11-20-18-8-7-16(12-21-18)19(23)22(2)17-9-10-26(24,25)13-17/h3-8,12,17H,9-11,13H2,1-2H3,(H,20,21). The Balaban J connectivity index is 1.59. The van der Waals surface area contributed by atoms with Crippen LogP contribution in [0.1, 0.15) is 27.9 Å². The molecule has 3 rings (SSSR count). The van der Waals surface area contributed by atoms with Gasteiger partial charge in [0.1, 0.15) is 5.82 Å². The molecule has 138 valence electrons. The minimum atomic E-state index is -3.02. The van der Waals surface area contributed by atoms with Crippen LogP contribution in [0.15, 0.2) is 42.6 Å². The van der Waals surface area contributed by atoms with Crippen molar-refractivity contribution in [3.8, 4) is 0 Å². The van der Waals surface area contributed by atoms with Crippen LogP contribution in [-0.2, 0) is 16.4 Å². The van der Waals surface area contributed by atoms with Gasteiger partial charge in [-0.05, 0) is 31.0 Å². The highest BCUT2D eigenvalue weighted by Gasteiger charge is 2.33. The highest BCUT2D eigenvalue weighted by atomic mass is 32.2. The fourth-order valence-electron chi connectivity index (χ4n) is 2.97. The van der Waals surface area contributed by atoms with Gasteiger partial charge in [-0.1, -0.05) is 29.8 Å². The zero-order valence-electron chi connectivity index (χ0n) is 15.0. The number of nitrogens with one attached hydrogen (secondary N) is 1. The molecule has 1 aromatic heterocycles. The summed E-state index contributed by atoms with van der Waals surface area (Å²) < 4.78 is 23.2. The van der Waals surface area contributed by atoms with E-state index in [-0.39, 0.29) is 23.5 Å². The summed E-state index contributed by atoms with van der Waals surface area (Å²) in [6, 6.07) is 11.5. The van der Waals surface area contributed by atoms with E-state index in [4.69, 9.17) is 0 Å². The third-order valence-electron chi connectivity index (χ3n) is 4.68. The number of amides is 1. The number of hydrogen-bond donors (Lipinski definition) is 1. The van der Waals surface area contributed by atoms with Crippen LogP contribution in [0, 0.1) is 6.92 Å². The van der Waals surface area contributed by atoms with Gasteiger partial charge in [0.05, 0.1) is 17.1 Å². The summed E-state index contributed by atoms with van der Waals surface area (Å²) in [5.74, 6) is 0.673. The summed E-state index contributed by atoms with van der Waals surface area (Å²) in [4.78, 5) is 18.3. The number of rotatable bonds is 5. The molecular formula is C19H23N3O3S. The molecule has 0 spiro atoms. The molecule has 1 atom stereocenters. The second-order valence-electron chi connectivity index (χ2n) is 6.74. The Morgan fingerprint density at radius 3 is 2.54 bits per heavy atom. The molecule has 1 aliphatic heterocycles. The Kier molecular flexibility index (Phi) is 5.27. The lowest BCUT2D eigenvalue weighted by molar-refractivity contribution is 0.0747. The van der Waals surface area contributed by atoms with Gasteiger partial charge in [-0.2, -0.15) is 0 Å². The number of carbonyl (C=O) groups excluding carboxylic acids is 1. The van der Waals surface area contributed by atoms with Crippen LogP contribution in [0.5, 0.6) is 0 Å². The highest BCUT2D eigenvalue weighted by Crippen LogP contribution is 2.19. The first-order valence-electron chi connectivity index (χ1n) is 8.57. The average Bonchev–Trinajstić information content (AvgIpc) is 3.00. The summed E-state index contributed by atoms with van der Waals surface area (Å²) in [6.45, 7) is 2.70. The summed E-state index contributed by atoms with van der Waals surface area (Å²) in [5.41, 5.74) is 2.83. The van der Waals surface area contributed by atoms with Crippen molar-refractivity contribution in [3.63, 3.8) is 0 Å². The Hall–Kier alpha value is -2.41. The van der Waals surface area contributed by atoms with Gasteiger partial charge in [-0.15, -0.1) is 0 Å². The monoisotopic (exact) mass is 373 g/mol. The molecule has 0 aliphatic carbocycles. The van der Waals surface area contributed by atoms with Gasteiger partial charge in [0.25, 0.3) is 5.91 Å². The number of anilines is 1. The van der Waals surface area contributed by atoms with Gasteiger partial charge in [-0.25, -0.2) is 13.4 Å². The van der Waals surface area contributed by atoms with E-state index < -0.39 is 9.84 Å². The first kappa shape index (κ1) is 18.4. The Morgan fingerprint density at radius 1 is 1.23 bits per heavy atom. The second kappa shape index (κ2) is 7.45. The van der Waals surface area contributed by atoms with Crippen LogP contribution in [0.2, 0.25) is 0 Å². The third kappa shape index (κ3) is 4.40. The highest BCUT2D eigenvalue weighted by molar-refractivity contribution is 7.91. The first-order valence-corrected chi connectivity index (χ1v) is 10.4. The van der Waals surface area contributed by atoms with Crippen molar-refractivity contribution >= 4 is 21.6 Å². The molecule has 2 aromatic rings. The number of benzene rings is 1. The van der Waals surface area contributed by atoms with Gasteiger partial charge in [0.15, 0.2) is 9.84 Å². The molecule has 26 heavy (non-hydrogen) atoms. The second-order valence-corrected chi connectivity index (χ2v) is 8.97. The maximum Gasteiger partial charge on any atom is 0.255 e. The van der Waals surface area contributed by atoms with Crippen molar-refractivity contribution in [2.24, 2.45) is 0 Å². The normalized spacial score (nSPS) is 18.5. The summed E-state index contributed by atoms with van der Waals surface area (Å²) >= 11 is 0. The van der Waals surface area contributed by atoms with E-state index in [1.54, 1.807) is 19.2 Å². The predicted molar refractivity (Wildman–Crippen MR) is 102 cm³/mol. The van der Waals surface area contributed by atoms with E-state index in [9.17, 15) is 13.2 Å². The number of aryl methyl sites for hydroxylation is 1. The van der Waals surface area contributed by atoms with Crippen LogP contribution in [-0.4, -0.2) is 48.8 Å². The van der Waals surface area contributed by atoms with Gasteiger partial charge in [-0.3, -0.25) is 4.79 Å². The molecule has 0 saturated carbocycles. The molecule has 1 amide bonds. The number of aromatic nitrogens is 1. The van der Waals surface area contributed by atoms with E-state index in [1.165, 1.54) is 16.7 Å². The average molecular weight is 373 g/mol. The number of sulfone groups is 1. The number of nitrogens with zero attached hydrogens (tertiary/aromatic N) is 2. The van der Waals surface area contributed by atoms with Crippen LogP contribution in [0.25, 0.3) is 0 Å². The van der Waals surface area contributed by atoms with Gasteiger partial charge in [0.2, 0.25) is 0 Å². The van der Waals surface area contributed by atoms with E-state index in [2.05, 4.69) is 34.6 Å². The zero-order chi connectivity index (χ0) is 18.7. The van der Waals surface area contributed by atoms with E-state index in [0.29, 0.717) is 24.3 Å². The van der Waals surface area contributed by atoms with Crippen LogP contribution in [0.4, 0.5) is 5.82 Å². The lowest BCUT2D eigenvalue weighted by Crippen LogP contribution is -2.37. The molecule has 1 fully saturated rings. The van der Waals surface area contributed by atoms with Crippen molar-refractivity contribution < 1.29 is 13.2 Å². The van der Waals surface area contributed by atoms with Gasteiger partial charge < -0.3 is 10.2 Å². The maximum absolute atomic E-state index is 12.5. The first-order chi connectivity index (χ1) is 12.3. The number of hydrogen-bond acceptors (Lipinski definition) is 5. The molecular weight excluding hydrogens is 350 g/mol. The van der Waals surface area contributed by atoms with Gasteiger partial charge in [0, 0.05) is 25.8 Å². The largest absolute Gasteiger partial charge is 0.366 e. The van der Waals surface area contributed by atoms with Gasteiger partial charge >= 0.3 is 0 Å². The summed E-state index contributed by atoms with van der Waals surface area (Å²) in [7, 11) is -1.37. The smallest absolute Gasteiger partial charge is 0.255 e. The van der Waals surface area contributed by atoms with Crippen LogP contribution >= 0.6 is 0 Å². The lowest BCUT2D eigenvalue weighted by atomic mass is 10.1. The molecule has 6 nitrogen and oxygen atoms in total. The van der Waals surface area contributed by atoms with Crippen molar-refractivity contribution in [1.82, 2.24) is 9.88 Å². The topological polar surface area (TPSA) is 79.4 Å². The Labute approximate surface area is 154 Å². The quantitative estimate of drug-likeness (QED) is 0.870. The van der Waals surface area contributed by atoms with Crippen molar-refractivity contribution in [2.45, 2.75) is 25.9 Å². The van der Waals surface area contributed by atoms with Crippen molar-refractivity contribution in [2.75, 3.05) is 23.9 Å². The summed E-state index contributed by atoms with van der Waals surface area (Å²) in [5, 5.41) is 3.23. The molecule has 1 aromatic carbocycles. The van der Waals surface area contributed by atoms with Crippen LogP contribution in [0.3, 0.4) is 0 Å². The molecule has 1 aliphatic rings. The molecule has 7 heteroatoms. The molecule has 1 unspecified atom stereocenters. The number of carbonyl (C=O) groups is 1. The zero-order valence-corrected chi connectivity index (χ0v) is 15.8. The minimum Gasteiger partial charge on any atom is -0.366 e. The van der Waals surface area contributed by atoms with E-state index in [0.717, 1.165) is 5.56 Å². The SMILES string of the molecule is Cc1ccc(CNc2ccc(C(=O)N(C)C3CCS(=O)(=O)C3)cn2)cc1. The number of pyridine rings is 1. The molecule has 0 radical (unpaired) electrons. The summed E-state index contributed by atoms with van der Waals surface area (Å²) in [6.07, 6.45) is 2.02. The Morgan fingerprint density at radius 2 is 1.96 bits per heavy atom. The van der Waals surface area contributed by atoms with E-state index >= 15 is 0 Å². The van der Waals surface area contributed by atoms with Crippen molar-refractivity contribution in [1.29, 1.82) is 0 Å². The predicted octanol–water partition coefficient (Wildman–Crippen LogP) is 2.26. The van der Waals surface area contributed by atoms with Crippen molar-refractivity contribution in [3.05, 3.63) is 59.3 Å². The minimum absolute atomic E-state index is 0.0405. The molecule has 1 saturated heterocycles. The Bertz CT molecular complexity index is 877. The third-order valence-corrected chi connectivity index (χ3v) is 6.43. The fourth-order valence-corrected chi connectivity index (χ4v) is 4.75. The molecule has 2 heterocycles. The lowest BCUT2D eigenvalue weighted by Gasteiger charge is -2.23. The molecule has 0 bridgehead atoms. The maximum atomic E-state index is 12.5. The van der Waals surface area contributed by atoms with Crippen LogP contribution < -0.4 is 5.32 Å². The molecule has 1 N–H and O–H groups in total.